The summed E-state index contributed by atoms with van der Waals surface area (Å²) in [7, 11) is 0. The van der Waals surface area contributed by atoms with Crippen LogP contribution >= 0.6 is 11.6 Å². The van der Waals surface area contributed by atoms with Crippen LogP contribution in [0, 0.1) is 5.82 Å². The number of fused-ring (bicyclic) bond motifs is 2. The molecule has 1 aromatic heterocycles. The molecule has 0 saturated carbocycles. The van der Waals surface area contributed by atoms with Crippen molar-refractivity contribution in [1.82, 2.24) is 15.6 Å². The van der Waals surface area contributed by atoms with Crippen LogP contribution in [0.4, 0.5) is 19.0 Å². The van der Waals surface area contributed by atoms with Gasteiger partial charge in [-0.25, -0.2) is 18.2 Å². The van der Waals surface area contributed by atoms with Crippen molar-refractivity contribution in [3.8, 4) is 5.75 Å². The van der Waals surface area contributed by atoms with Crippen LogP contribution in [-0.4, -0.2) is 47.5 Å². The number of nitrogens with one attached hydrogen (secondary N) is 2. The zero-order chi connectivity index (χ0) is 26.0. The van der Waals surface area contributed by atoms with E-state index in [1.165, 1.54) is 18.3 Å². The van der Waals surface area contributed by atoms with Gasteiger partial charge in [0.1, 0.15) is 17.4 Å². The van der Waals surface area contributed by atoms with Gasteiger partial charge in [-0.3, -0.25) is 9.59 Å². The largest absolute Gasteiger partial charge is 0.476 e. The molecule has 1 aromatic carbocycles. The zero-order valence-electron chi connectivity index (χ0n) is 19.7. The van der Waals surface area contributed by atoms with Gasteiger partial charge in [-0.05, 0) is 63.1 Å². The molecular formula is C25H26ClF3N4O3. The maximum Gasteiger partial charge on any atom is 0.267 e. The number of alkyl halides is 2. The predicted molar refractivity (Wildman–Crippen MR) is 129 cm³/mol. The summed E-state index contributed by atoms with van der Waals surface area (Å²) in [6.07, 6.45) is 3.07. The molecule has 4 rings (SSSR count). The lowest BCUT2D eigenvalue weighted by Gasteiger charge is -2.36. The molecule has 3 heterocycles. The van der Waals surface area contributed by atoms with E-state index >= 15 is 0 Å². The van der Waals surface area contributed by atoms with Crippen molar-refractivity contribution in [2.75, 3.05) is 11.4 Å². The van der Waals surface area contributed by atoms with Crippen molar-refractivity contribution in [2.24, 2.45) is 0 Å². The minimum Gasteiger partial charge on any atom is -0.476 e. The lowest BCUT2D eigenvalue weighted by molar-refractivity contribution is -0.133. The number of rotatable bonds is 8. The molecule has 0 radical (unpaired) electrons. The van der Waals surface area contributed by atoms with Crippen molar-refractivity contribution in [2.45, 2.75) is 57.2 Å². The third-order valence-electron chi connectivity index (χ3n) is 6.17. The van der Waals surface area contributed by atoms with Crippen molar-refractivity contribution in [3.63, 3.8) is 0 Å². The van der Waals surface area contributed by atoms with Gasteiger partial charge in [0, 0.05) is 24.4 Å². The molecule has 36 heavy (non-hydrogen) atoms. The van der Waals surface area contributed by atoms with Crippen LogP contribution in [0.5, 0.6) is 5.75 Å². The number of anilines is 1. The van der Waals surface area contributed by atoms with Gasteiger partial charge in [-0.2, -0.15) is 0 Å². The summed E-state index contributed by atoms with van der Waals surface area (Å²) in [4.78, 5) is 31.5. The fourth-order valence-electron chi connectivity index (χ4n) is 4.40. The van der Waals surface area contributed by atoms with E-state index in [1.807, 2.05) is 6.08 Å². The van der Waals surface area contributed by atoms with Gasteiger partial charge in [-0.15, -0.1) is 0 Å². The van der Waals surface area contributed by atoms with Crippen molar-refractivity contribution in [3.05, 3.63) is 64.7 Å². The number of carbonyl (C=O) groups is 2. The number of halogens is 4. The molecule has 2 aliphatic rings. The number of amides is 2. The summed E-state index contributed by atoms with van der Waals surface area (Å²) >= 11 is 6.04. The molecule has 192 valence electrons. The van der Waals surface area contributed by atoms with Gasteiger partial charge in [0.05, 0.1) is 23.2 Å². The van der Waals surface area contributed by atoms with E-state index in [4.69, 9.17) is 16.3 Å². The molecule has 11 heteroatoms. The number of ether oxygens (including phenoxy) is 1. The topological polar surface area (TPSA) is 83.6 Å². The van der Waals surface area contributed by atoms with Gasteiger partial charge in [0.25, 0.3) is 18.2 Å². The lowest BCUT2D eigenvalue weighted by atomic mass is 10.0. The molecule has 0 aliphatic carbocycles. The number of benzene rings is 1. The van der Waals surface area contributed by atoms with E-state index < -0.39 is 30.3 Å². The Hall–Kier alpha value is -3.27. The molecule has 7 nitrogen and oxygen atoms in total. The zero-order valence-corrected chi connectivity index (χ0v) is 20.5. The molecule has 0 spiro atoms. The molecule has 2 atom stereocenters. The summed E-state index contributed by atoms with van der Waals surface area (Å²) < 4.78 is 43.7. The van der Waals surface area contributed by atoms with Crippen LogP contribution in [0.2, 0.25) is 5.02 Å². The van der Waals surface area contributed by atoms with Crippen molar-refractivity contribution >= 4 is 29.2 Å². The van der Waals surface area contributed by atoms with E-state index in [2.05, 4.69) is 20.5 Å². The molecule has 2 aromatic rings. The summed E-state index contributed by atoms with van der Waals surface area (Å²) in [5.74, 6) is -0.586. The van der Waals surface area contributed by atoms with Gasteiger partial charge in [-0.1, -0.05) is 11.6 Å². The molecule has 2 unspecified atom stereocenters. The van der Waals surface area contributed by atoms with E-state index in [9.17, 15) is 22.8 Å². The number of nitrogens with zero attached hydrogens (tertiary/aromatic N) is 2. The molecule has 2 amide bonds. The van der Waals surface area contributed by atoms with Crippen LogP contribution in [-0.2, 0) is 4.79 Å². The highest BCUT2D eigenvalue weighted by molar-refractivity contribution is 6.32. The molecule has 2 bridgehead atoms. The highest BCUT2D eigenvalue weighted by Gasteiger charge is 2.39. The normalized spacial score (nSPS) is 19.2. The van der Waals surface area contributed by atoms with Gasteiger partial charge in [0.15, 0.2) is 5.60 Å². The SMILES string of the molecule is CC(C)(Oc1ccc(F)cc1Cl)C(=O)NC1=CC2CCC(C1)N2c1ccc(C(=O)NCC(F)F)cn1. The molecular weight excluding hydrogens is 497 g/mol. The van der Waals surface area contributed by atoms with Crippen LogP contribution < -0.4 is 20.3 Å². The second-order valence-electron chi connectivity index (χ2n) is 9.25. The third-order valence-corrected chi connectivity index (χ3v) is 6.46. The summed E-state index contributed by atoms with van der Waals surface area (Å²) in [5.41, 5.74) is -0.287. The maximum absolute atomic E-state index is 13.3. The summed E-state index contributed by atoms with van der Waals surface area (Å²) in [6, 6.07) is 7.06. The Morgan fingerprint density at radius 1 is 1.25 bits per heavy atom. The van der Waals surface area contributed by atoms with Gasteiger partial charge in [0.2, 0.25) is 0 Å². The number of hydrogen-bond donors (Lipinski definition) is 2. The Bertz CT molecular complexity index is 1170. The van der Waals surface area contributed by atoms with Crippen LogP contribution in [0.1, 0.15) is 43.5 Å². The quantitative estimate of drug-likeness (QED) is 0.534. The summed E-state index contributed by atoms with van der Waals surface area (Å²) in [5, 5.41) is 5.18. The number of pyridine rings is 1. The van der Waals surface area contributed by atoms with Crippen LogP contribution in [0.15, 0.2) is 48.3 Å². The first-order valence-corrected chi connectivity index (χ1v) is 11.9. The number of aromatic nitrogens is 1. The maximum atomic E-state index is 13.3. The average molecular weight is 523 g/mol. The lowest BCUT2D eigenvalue weighted by Crippen LogP contribution is -2.48. The van der Waals surface area contributed by atoms with E-state index in [1.54, 1.807) is 26.0 Å². The number of hydrogen-bond acceptors (Lipinski definition) is 5. The number of carbonyl (C=O) groups excluding carboxylic acids is 2. The van der Waals surface area contributed by atoms with Crippen molar-refractivity contribution < 1.29 is 27.5 Å². The third kappa shape index (κ3) is 5.75. The minimum atomic E-state index is -2.62. The first kappa shape index (κ1) is 25.8. The van der Waals surface area contributed by atoms with E-state index in [-0.39, 0.29) is 34.3 Å². The minimum absolute atomic E-state index is 0.000587. The second kappa shape index (κ2) is 10.4. The fraction of sp³-hybridized carbons (Fsp3) is 0.400. The average Bonchev–Trinajstić information content (AvgIpc) is 3.09. The first-order chi connectivity index (χ1) is 17.0. The first-order valence-electron chi connectivity index (χ1n) is 11.5. The van der Waals surface area contributed by atoms with Crippen LogP contribution in [0.25, 0.3) is 0 Å². The Morgan fingerprint density at radius 2 is 2.03 bits per heavy atom. The molecule has 1 saturated heterocycles. The van der Waals surface area contributed by atoms with E-state index in [0.717, 1.165) is 24.6 Å². The monoisotopic (exact) mass is 522 g/mol. The Balaban J connectivity index is 1.41. The standard InChI is InChI=1S/C25H26ClF3N4O3/c1-25(2,36-20-7-4-15(27)9-19(20)26)24(35)32-16-10-17-5-6-18(11-16)33(17)22-8-3-14(12-30-22)23(34)31-13-21(28)29/h3-4,7-10,12,17-18,21H,5-6,11,13H2,1-2H3,(H,31,34)(H,32,35). The summed E-state index contributed by atoms with van der Waals surface area (Å²) in [6.45, 7) is 2.50. The molecule has 1 fully saturated rings. The van der Waals surface area contributed by atoms with Gasteiger partial charge >= 0.3 is 0 Å². The Morgan fingerprint density at radius 3 is 2.67 bits per heavy atom. The predicted octanol–water partition coefficient (Wildman–Crippen LogP) is 4.47. The fourth-order valence-corrected chi connectivity index (χ4v) is 4.61. The van der Waals surface area contributed by atoms with Crippen molar-refractivity contribution in [1.29, 1.82) is 0 Å². The highest BCUT2D eigenvalue weighted by atomic mass is 35.5. The van der Waals surface area contributed by atoms with Gasteiger partial charge < -0.3 is 20.3 Å². The highest BCUT2D eigenvalue weighted by Crippen LogP contribution is 2.37. The van der Waals surface area contributed by atoms with E-state index in [0.29, 0.717) is 12.2 Å². The second-order valence-corrected chi connectivity index (χ2v) is 9.66. The molecule has 2 N–H and O–H groups in total. The Labute approximate surface area is 211 Å². The Kier molecular flexibility index (Phi) is 7.44. The molecule has 2 aliphatic heterocycles. The van der Waals surface area contributed by atoms with Crippen LogP contribution in [0.3, 0.4) is 0 Å². The smallest absolute Gasteiger partial charge is 0.267 e.